The molecule has 0 bridgehead atoms. The zero-order valence-electron chi connectivity index (χ0n) is 39.2. The van der Waals surface area contributed by atoms with Crippen LogP contribution in [-0.4, -0.2) is 9.13 Å². The Morgan fingerprint density at radius 1 is 0.230 bits per heavy atom. The highest BCUT2D eigenvalue weighted by Crippen LogP contribution is 2.45. The third-order valence-electron chi connectivity index (χ3n) is 13.8. The van der Waals surface area contributed by atoms with Crippen LogP contribution in [-0.2, 0) is 0 Å². The van der Waals surface area contributed by atoms with E-state index in [0.29, 0.717) is 33.4 Å². The fraction of sp³-hybridized carbons (Fsp3) is 0. The number of hydrogen-bond donors (Lipinski definition) is 0. The molecule has 12 aromatic rings. The van der Waals surface area contributed by atoms with Crippen LogP contribution in [0.2, 0.25) is 0 Å². The average Bonchev–Trinajstić information content (AvgIpc) is 3.98. The second kappa shape index (κ2) is 17.9. The molecular formula is C66H34N8. The summed E-state index contributed by atoms with van der Waals surface area (Å²) >= 11 is 0. The minimum atomic E-state index is 0.419. The van der Waals surface area contributed by atoms with Crippen LogP contribution in [0.3, 0.4) is 0 Å². The van der Waals surface area contributed by atoms with Crippen molar-refractivity contribution in [3.05, 3.63) is 240 Å². The molecule has 0 N–H and O–H groups in total. The van der Waals surface area contributed by atoms with Crippen LogP contribution in [0.15, 0.2) is 206 Å². The van der Waals surface area contributed by atoms with Crippen molar-refractivity contribution in [1.29, 1.82) is 31.6 Å². The third-order valence-corrected chi connectivity index (χ3v) is 13.8. The summed E-state index contributed by atoms with van der Waals surface area (Å²) in [6, 6.07) is 80.7. The number of hydrogen-bond acceptors (Lipinski definition) is 6. The monoisotopic (exact) mass is 938 g/mol. The molecule has 0 amide bonds. The van der Waals surface area contributed by atoms with Gasteiger partial charge in [0.1, 0.15) is 0 Å². The Morgan fingerprint density at radius 2 is 0.500 bits per heavy atom. The van der Waals surface area contributed by atoms with E-state index < -0.39 is 0 Å². The molecule has 0 spiro atoms. The summed E-state index contributed by atoms with van der Waals surface area (Å²) in [5, 5.41) is 64.3. The predicted octanol–water partition coefficient (Wildman–Crippen LogP) is 15.4. The average molecular weight is 939 g/mol. The lowest BCUT2D eigenvalue weighted by atomic mass is 9.97. The van der Waals surface area contributed by atoms with E-state index in [9.17, 15) is 31.6 Å². The maximum atomic E-state index is 11.1. The molecule has 338 valence electrons. The van der Waals surface area contributed by atoms with Crippen molar-refractivity contribution in [2.24, 2.45) is 0 Å². The Labute approximate surface area is 425 Å². The first-order valence-corrected chi connectivity index (χ1v) is 23.6. The topological polar surface area (TPSA) is 153 Å². The van der Waals surface area contributed by atoms with E-state index in [-0.39, 0.29) is 0 Å². The Kier molecular flexibility index (Phi) is 10.7. The molecule has 2 heterocycles. The largest absolute Gasteiger partial charge is 0.308 e. The highest BCUT2D eigenvalue weighted by atomic mass is 15.0. The van der Waals surface area contributed by atoms with Crippen molar-refractivity contribution < 1.29 is 0 Å². The van der Waals surface area contributed by atoms with Crippen LogP contribution in [0.25, 0.3) is 111 Å². The summed E-state index contributed by atoms with van der Waals surface area (Å²) in [6.45, 7) is 0. The van der Waals surface area contributed by atoms with E-state index in [1.54, 1.807) is 24.3 Å². The quantitative estimate of drug-likeness (QED) is 0.155. The van der Waals surface area contributed by atoms with E-state index >= 15 is 0 Å². The number of nitrogens with zero attached hydrogens (tertiary/aromatic N) is 8. The summed E-state index contributed by atoms with van der Waals surface area (Å²) in [5.74, 6) is 0. The zero-order chi connectivity index (χ0) is 50.5. The van der Waals surface area contributed by atoms with E-state index in [0.717, 1.165) is 111 Å². The fourth-order valence-corrected chi connectivity index (χ4v) is 10.4. The van der Waals surface area contributed by atoms with Gasteiger partial charge in [-0.05, 0) is 171 Å². The normalized spacial score (nSPS) is 10.9. The van der Waals surface area contributed by atoms with Gasteiger partial charge in [0.05, 0.1) is 103 Å². The lowest BCUT2D eigenvalue weighted by Gasteiger charge is -2.21. The maximum absolute atomic E-state index is 11.1. The molecule has 2 aromatic heterocycles. The van der Waals surface area contributed by atoms with Crippen molar-refractivity contribution >= 4 is 43.6 Å². The highest BCUT2D eigenvalue weighted by Gasteiger charge is 2.25. The van der Waals surface area contributed by atoms with Gasteiger partial charge in [-0.3, -0.25) is 0 Å². The van der Waals surface area contributed by atoms with Crippen LogP contribution in [0.1, 0.15) is 33.4 Å². The van der Waals surface area contributed by atoms with Gasteiger partial charge >= 0.3 is 0 Å². The van der Waals surface area contributed by atoms with Crippen molar-refractivity contribution in [3.63, 3.8) is 0 Å². The molecule has 0 saturated carbocycles. The van der Waals surface area contributed by atoms with Gasteiger partial charge in [-0.25, -0.2) is 0 Å². The lowest BCUT2D eigenvalue weighted by Crippen LogP contribution is -2.05. The lowest BCUT2D eigenvalue weighted by molar-refractivity contribution is 1.13. The minimum Gasteiger partial charge on any atom is -0.308 e. The van der Waals surface area contributed by atoms with Gasteiger partial charge < -0.3 is 9.13 Å². The zero-order valence-corrected chi connectivity index (χ0v) is 39.2. The van der Waals surface area contributed by atoms with Crippen LogP contribution < -0.4 is 0 Å². The molecule has 0 aliphatic carbocycles. The Bertz CT molecular complexity index is 4130. The molecule has 0 unspecified atom stereocenters. The molecule has 0 atom stereocenters. The van der Waals surface area contributed by atoms with Gasteiger partial charge in [0.15, 0.2) is 0 Å². The van der Waals surface area contributed by atoms with E-state index in [4.69, 9.17) is 0 Å². The van der Waals surface area contributed by atoms with Crippen molar-refractivity contribution in [2.45, 2.75) is 0 Å². The molecular weight excluding hydrogens is 905 g/mol. The summed E-state index contributed by atoms with van der Waals surface area (Å²) in [4.78, 5) is 0. The first-order valence-electron chi connectivity index (χ1n) is 23.6. The molecule has 74 heavy (non-hydrogen) atoms. The van der Waals surface area contributed by atoms with Gasteiger partial charge in [-0.1, -0.05) is 84.9 Å². The van der Waals surface area contributed by atoms with Gasteiger partial charge in [-0.15, -0.1) is 0 Å². The molecule has 0 aliphatic rings. The molecule has 8 heteroatoms. The van der Waals surface area contributed by atoms with Gasteiger partial charge in [0.2, 0.25) is 0 Å². The van der Waals surface area contributed by atoms with Crippen LogP contribution >= 0.6 is 0 Å². The molecule has 10 aromatic carbocycles. The molecule has 0 aliphatic heterocycles. The number of benzene rings is 10. The fourth-order valence-electron chi connectivity index (χ4n) is 10.4. The summed E-state index contributed by atoms with van der Waals surface area (Å²) in [7, 11) is 0. The van der Waals surface area contributed by atoms with Gasteiger partial charge in [0.25, 0.3) is 0 Å². The van der Waals surface area contributed by atoms with Crippen molar-refractivity contribution in [1.82, 2.24) is 9.13 Å². The third kappa shape index (κ3) is 7.44. The standard InChI is InChI=1S/C66H34N8/c67-35-41-13-15-47(16-14-41)66-64(73-60-21-17-52(48-9-1-5-42(25-48)36-68)31-56(60)57-32-53(18-22-61(57)73)49-10-2-6-43(26-49)37-69)29-46(40-72)30-65(66)74-62-23-19-54(50-11-3-7-44(27-50)38-70)33-58(62)59-34-55(20-24-63(59)74)51-12-4-8-45(28-51)39-71/h1-34H. The van der Waals surface area contributed by atoms with Crippen LogP contribution in [0.4, 0.5) is 0 Å². The van der Waals surface area contributed by atoms with Crippen molar-refractivity contribution in [2.75, 3.05) is 0 Å². The smallest absolute Gasteiger partial charge is 0.0993 e. The molecule has 0 saturated heterocycles. The number of rotatable bonds is 7. The Balaban J connectivity index is 1.19. The second-order valence-corrected chi connectivity index (χ2v) is 18.1. The van der Waals surface area contributed by atoms with Crippen molar-refractivity contribution in [3.8, 4) is 103 Å². The predicted molar refractivity (Wildman–Crippen MR) is 291 cm³/mol. The number of fused-ring (bicyclic) bond motifs is 6. The molecule has 0 fully saturated rings. The van der Waals surface area contributed by atoms with Gasteiger partial charge in [0, 0.05) is 27.1 Å². The number of aromatic nitrogens is 2. The Morgan fingerprint density at radius 3 is 0.784 bits per heavy atom. The van der Waals surface area contributed by atoms with E-state index in [1.807, 2.05) is 109 Å². The molecule has 8 nitrogen and oxygen atoms in total. The molecule has 12 rings (SSSR count). The highest BCUT2D eigenvalue weighted by molar-refractivity contribution is 6.14. The van der Waals surface area contributed by atoms with Crippen LogP contribution in [0.5, 0.6) is 0 Å². The first kappa shape index (κ1) is 44.0. The Hall–Kier alpha value is -11.3. The maximum Gasteiger partial charge on any atom is 0.0993 e. The number of nitriles is 6. The molecule has 0 radical (unpaired) electrons. The first-order chi connectivity index (χ1) is 36.4. The van der Waals surface area contributed by atoms with E-state index in [2.05, 4.69) is 118 Å². The summed E-state index contributed by atoms with van der Waals surface area (Å²) in [5.41, 5.74) is 17.0. The van der Waals surface area contributed by atoms with Gasteiger partial charge in [-0.2, -0.15) is 31.6 Å². The minimum absolute atomic E-state index is 0.419. The van der Waals surface area contributed by atoms with Crippen LogP contribution in [0, 0.1) is 68.0 Å². The SMILES string of the molecule is N#Cc1ccc(-c2c(-n3c4ccc(-c5cccc(C#N)c5)cc4c4cc(-c5cccc(C#N)c5)ccc43)cc(C#N)cc2-n2c3ccc(-c4cccc(C#N)c4)cc3c3cc(-c4cccc(C#N)c4)ccc32)cc1. The summed E-state index contributed by atoms with van der Waals surface area (Å²) in [6.07, 6.45) is 0. The summed E-state index contributed by atoms with van der Waals surface area (Å²) < 4.78 is 4.42. The van der Waals surface area contributed by atoms with E-state index in [1.165, 1.54) is 0 Å². The second-order valence-electron chi connectivity index (χ2n) is 18.1.